The van der Waals surface area contributed by atoms with Crippen LogP contribution in [0.25, 0.3) is 11.1 Å². The summed E-state index contributed by atoms with van der Waals surface area (Å²) in [5.74, 6) is 0.471. The number of aromatic nitrogens is 1. The lowest BCUT2D eigenvalue weighted by Crippen LogP contribution is -2.31. The van der Waals surface area contributed by atoms with Crippen LogP contribution < -0.4 is 10.5 Å². The van der Waals surface area contributed by atoms with E-state index in [1.165, 1.54) is 0 Å². The Labute approximate surface area is 164 Å². The average Bonchev–Trinajstić information content (AvgIpc) is 2.96. The summed E-state index contributed by atoms with van der Waals surface area (Å²) in [7, 11) is 1.77. The lowest BCUT2D eigenvalue weighted by atomic mass is 10.1. The Balaban J connectivity index is 1.45. The molecule has 0 aliphatic heterocycles. The van der Waals surface area contributed by atoms with Gasteiger partial charge in [-0.05, 0) is 55.7 Å². The Hall–Kier alpha value is -3.02. The first kappa shape index (κ1) is 19.7. The summed E-state index contributed by atoms with van der Waals surface area (Å²) in [5.41, 5.74) is 3.64. The van der Waals surface area contributed by atoms with Gasteiger partial charge in [0.15, 0.2) is 5.58 Å². The maximum absolute atomic E-state index is 12.3. The van der Waals surface area contributed by atoms with Gasteiger partial charge in [0, 0.05) is 20.0 Å². The molecule has 28 heavy (non-hydrogen) atoms. The highest BCUT2D eigenvalue weighted by Crippen LogP contribution is 2.16. The van der Waals surface area contributed by atoms with Crippen LogP contribution in [0.3, 0.4) is 0 Å². The SMILES string of the molecule is Cc1cc(C)cc(OCCN(C)C(=O)CCCn2c(=O)oc3ccccc32)c1. The molecule has 1 heterocycles. The summed E-state index contributed by atoms with van der Waals surface area (Å²) in [5, 5.41) is 0. The van der Waals surface area contributed by atoms with E-state index in [0.29, 0.717) is 38.1 Å². The van der Waals surface area contributed by atoms with Crippen LogP contribution in [-0.2, 0) is 11.3 Å². The Kier molecular flexibility index (Phi) is 6.19. The Morgan fingerprint density at radius 2 is 1.86 bits per heavy atom. The second-order valence-corrected chi connectivity index (χ2v) is 7.08. The molecular formula is C22H26N2O4. The topological polar surface area (TPSA) is 64.7 Å². The molecule has 1 aromatic heterocycles. The number of oxazole rings is 1. The van der Waals surface area contributed by atoms with E-state index in [1.54, 1.807) is 22.6 Å². The van der Waals surface area contributed by atoms with Crippen LogP contribution in [0, 0.1) is 13.8 Å². The Morgan fingerprint density at radius 1 is 1.14 bits per heavy atom. The number of aryl methyl sites for hydroxylation is 3. The fourth-order valence-electron chi connectivity index (χ4n) is 3.25. The maximum atomic E-state index is 12.3. The van der Waals surface area contributed by atoms with Gasteiger partial charge in [-0.2, -0.15) is 0 Å². The largest absolute Gasteiger partial charge is 0.492 e. The highest BCUT2D eigenvalue weighted by Gasteiger charge is 2.12. The fraction of sp³-hybridized carbons (Fsp3) is 0.364. The van der Waals surface area contributed by atoms with E-state index in [1.807, 2.05) is 44.2 Å². The van der Waals surface area contributed by atoms with E-state index < -0.39 is 0 Å². The lowest BCUT2D eigenvalue weighted by Gasteiger charge is -2.18. The summed E-state index contributed by atoms with van der Waals surface area (Å²) in [6, 6.07) is 13.4. The van der Waals surface area contributed by atoms with Gasteiger partial charge >= 0.3 is 5.76 Å². The van der Waals surface area contributed by atoms with Gasteiger partial charge in [-0.15, -0.1) is 0 Å². The number of para-hydroxylation sites is 2. The third-order valence-corrected chi connectivity index (χ3v) is 4.66. The molecule has 6 heteroatoms. The van der Waals surface area contributed by atoms with Crippen molar-refractivity contribution in [2.45, 2.75) is 33.2 Å². The quantitative estimate of drug-likeness (QED) is 0.598. The second kappa shape index (κ2) is 8.78. The Bertz CT molecular complexity index is 999. The van der Waals surface area contributed by atoms with Crippen molar-refractivity contribution in [1.82, 2.24) is 9.47 Å². The number of ether oxygens (including phenoxy) is 1. The molecule has 0 radical (unpaired) electrons. The third kappa shape index (κ3) is 4.82. The smallest absolute Gasteiger partial charge is 0.419 e. The predicted octanol–water partition coefficient (Wildman–Crippen LogP) is 3.53. The average molecular weight is 382 g/mol. The molecular weight excluding hydrogens is 356 g/mol. The number of rotatable bonds is 8. The molecule has 0 bridgehead atoms. The second-order valence-electron chi connectivity index (χ2n) is 7.08. The van der Waals surface area contributed by atoms with Crippen LogP contribution in [-0.4, -0.2) is 35.6 Å². The zero-order valence-electron chi connectivity index (χ0n) is 16.6. The molecule has 2 aromatic carbocycles. The van der Waals surface area contributed by atoms with Crippen molar-refractivity contribution in [1.29, 1.82) is 0 Å². The van der Waals surface area contributed by atoms with Crippen LogP contribution in [0.5, 0.6) is 5.75 Å². The molecule has 3 aromatic rings. The first-order chi connectivity index (χ1) is 13.4. The maximum Gasteiger partial charge on any atom is 0.419 e. The van der Waals surface area contributed by atoms with Crippen molar-refractivity contribution < 1.29 is 13.9 Å². The molecule has 6 nitrogen and oxygen atoms in total. The predicted molar refractivity (Wildman–Crippen MR) is 109 cm³/mol. The number of nitrogens with zero attached hydrogens (tertiary/aromatic N) is 2. The number of hydrogen-bond acceptors (Lipinski definition) is 4. The highest BCUT2D eigenvalue weighted by molar-refractivity contribution is 5.76. The van der Waals surface area contributed by atoms with E-state index in [4.69, 9.17) is 9.15 Å². The molecule has 0 saturated heterocycles. The molecule has 0 N–H and O–H groups in total. The monoisotopic (exact) mass is 382 g/mol. The first-order valence-electron chi connectivity index (χ1n) is 9.47. The molecule has 0 atom stereocenters. The summed E-state index contributed by atoms with van der Waals surface area (Å²) in [6.07, 6.45) is 0.941. The summed E-state index contributed by atoms with van der Waals surface area (Å²) >= 11 is 0. The number of amides is 1. The van der Waals surface area contributed by atoms with Gasteiger partial charge < -0.3 is 14.1 Å². The fourth-order valence-corrected chi connectivity index (χ4v) is 3.25. The van der Waals surface area contributed by atoms with E-state index in [0.717, 1.165) is 22.4 Å². The molecule has 0 saturated carbocycles. The van der Waals surface area contributed by atoms with Gasteiger partial charge in [0.2, 0.25) is 5.91 Å². The molecule has 0 aliphatic carbocycles. The molecule has 0 aliphatic rings. The number of carbonyl (C=O) groups is 1. The molecule has 1 amide bonds. The molecule has 0 fully saturated rings. The standard InChI is InChI=1S/C22H26N2O4/c1-16-13-17(2)15-18(14-16)27-12-11-23(3)21(25)9-6-10-24-19-7-4-5-8-20(19)28-22(24)26/h4-5,7-8,13-15H,6,9-12H2,1-3H3. The van der Waals surface area contributed by atoms with E-state index in [9.17, 15) is 9.59 Å². The number of likely N-dealkylation sites (N-methyl/N-ethyl adjacent to an activating group) is 1. The number of fused-ring (bicyclic) bond motifs is 1. The van der Waals surface area contributed by atoms with Crippen LogP contribution in [0.4, 0.5) is 0 Å². The van der Waals surface area contributed by atoms with Gasteiger partial charge in [-0.3, -0.25) is 9.36 Å². The van der Waals surface area contributed by atoms with Crippen molar-refractivity contribution in [3.05, 3.63) is 64.1 Å². The van der Waals surface area contributed by atoms with Crippen LogP contribution >= 0.6 is 0 Å². The molecule has 0 spiro atoms. The summed E-state index contributed by atoms with van der Waals surface area (Å²) in [4.78, 5) is 26.0. The van der Waals surface area contributed by atoms with Crippen LogP contribution in [0.1, 0.15) is 24.0 Å². The highest BCUT2D eigenvalue weighted by atomic mass is 16.5. The zero-order valence-corrected chi connectivity index (χ0v) is 16.6. The van der Waals surface area contributed by atoms with Crippen molar-refractivity contribution in [2.24, 2.45) is 0 Å². The van der Waals surface area contributed by atoms with E-state index in [2.05, 4.69) is 6.07 Å². The third-order valence-electron chi connectivity index (χ3n) is 4.66. The lowest BCUT2D eigenvalue weighted by molar-refractivity contribution is -0.130. The van der Waals surface area contributed by atoms with Crippen LogP contribution in [0.2, 0.25) is 0 Å². The van der Waals surface area contributed by atoms with Crippen molar-refractivity contribution >= 4 is 17.0 Å². The molecule has 148 valence electrons. The van der Waals surface area contributed by atoms with E-state index in [-0.39, 0.29) is 11.7 Å². The van der Waals surface area contributed by atoms with Gasteiger partial charge in [0.05, 0.1) is 12.1 Å². The van der Waals surface area contributed by atoms with Crippen molar-refractivity contribution in [2.75, 3.05) is 20.2 Å². The molecule has 3 rings (SSSR count). The van der Waals surface area contributed by atoms with Crippen molar-refractivity contribution in [3.8, 4) is 5.75 Å². The number of carbonyl (C=O) groups excluding carboxylic acids is 1. The van der Waals surface area contributed by atoms with Gasteiger partial charge in [0.25, 0.3) is 0 Å². The number of benzene rings is 2. The Morgan fingerprint density at radius 3 is 2.61 bits per heavy atom. The van der Waals surface area contributed by atoms with Crippen molar-refractivity contribution in [3.63, 3.8) is 0 Å². The summed E-state index contributed by atoms with van der Waals surface area (Å²) < 4.78 is 12.6. The number of hydrogen-bond donors (Lipinski definition) is 0. The van der Waals surface area contributed by atoms with Gasteiger partial charge in [-0.1, -0.05) is 18.2 Å². The van der Waals surface area contributed by atoms with Gasteiger partial charge in [0.1, 0.15) is 12.4 Å². The van der Waals surface area contributed by atoms with E-state index >= 15 is 0 Å². The van der Waals surface area contributed by atoms with Crippen LogP contribution in [0.15, 0.2) is 51.7 Å². The minimum atomic E-state index is -0.385. The van der Waals surface area contributed by atoms with Gasteiger partial charge in [-0.25, -0.2) is 4.79 Å². The first-order valence-corrected chi connectivity index (χ1v) is 9.47. The zero-order chi connectivity index (χ0) is 20.1. The molecule has 0 unspecified atom stereocenters. The summed E-state index contributed by atoms with van der Waals surface area (Å²) in [6.45, 7) is 5.47. The minimum absolute atomic E-state index is 0.0323. The normalized spacial score (nSPS) is 11.0. The minimum Gasteiger partial charge on any atom is -0.492 e.